The third-order valence-corrected chi connectivity index (χ3v) is 2.57. The van der Waals surface area contributed by atoms with E-state index in [1.54, 1.807) is 0 Å². The molecule has 0 spiro atoms. The van der Waals surface area contributed by atoms with E-state index in [-0.39, 0.29) is 0 Å². The van der Waals surface area contributed by atoms with Crippen LogP contribution in [0.2, 0.25) is 0 Å². The quantitative estimate of drug-likeness (QED) is 0.638. The fourth-order valence-corrected chi connectivity index (χ4v) is 1.78. The van der Waals surface area contributed by atoms with E-state index in [0.717, 1.165) is 0 Å². The monoisotopic (exact) mass is 242 g/mol. The Morgan fingerprint density at radius 3 is 1.28 bits per heavy atom. The van der Waals surface area contributed by atoms with Crippen molar-refractivity contribution in [2.45, 2.75) is 41.5 Å². The minimum absolute atomic E-state index is 1.31. The molecule has 0 heteroatoms. The van der Waals surface area contributed by atoms with Gasteiger partial charge in [0.2, 0.25) is 0 Å². The Balaban J connectivity index is 0.000000659. The second-order valence-corrected chi connectivity index (χ2v) is 3.41. The molecule has 0 aliphatic rings. The van der Waals surface area contributed by atoms with Gasteiger partial charge in [0.1, 0.15) is 0 Å². The molecule has 0 saturated carbocycles. The van der Waals surface area contributed by atoms with Crippen LogP contribution in [-0.2, 0) is 0 Å². The molecular formula is C18H26. The molecule has 0 heterocycles. The van der Waals surface area contributed by atoms with Gasteiger partial charge < -0.3 is 0 Å². The molecule has 0 aliphatic carbocycles. The van der Waals surface area contributed by atoms with E-state index in [2.05, 4.69) is 62.4 Å². The topological polar surface area (TPSA) is 0 Å². The van der Waals surface area contributed by atoms with E-state index in [4.69, 9.17) is 0 Å². The summed E-state index contributed by atoms with van der Waals surface area (Å²) in [5.41, 5.74) is 0. The Hall–Kier alpha value is -1.56. The van der Waals surface area contributed by atoms with Crippen molar-refractivity contribution in [1.29, 1.82) is 0 Å². The van der Waals surface area contributed by atoms with Crippen molar-refractivity contribution in [3.63, 3.8) is 0 Å². The van der Waals surface area contributed by atoms with Gasteiger partial charge in [-0.05, 0) is 47.2 Å². The summed E-state index contributed by atoms with van der Waals surface area (Å²) in [6.07, 6.45) is 4.31. The van der Waals surface area contributed by atoms with Crippen LogP contribution in [0.1, 0.15) is 41.5 Å². The zero-order chi connectivity index (χ0) is 14.0. The van der Waals surface area contributed by atoms with Gasteiger partial charge in [0.15, 0.2) is 0 Å². The Kier molecular flexibility index (Phi) is 8.65. The lowest BCUT2D eigenvalue weighted by molar-refractivity contribution is 1.50. The first-order valence-electron chi connectivity index (χ1n) is 6.96. The molecule has 2 rings (SSSR count). The first-order valence-corrected chi connectivity index (χ1v) is 6.96. The van der Waals surface area contributed by atoms with Crippen molar-refractivity contribution in [3.8, 4) is 0 Å². The molecule has 0 unspecified atom stereocenters. The lowest BCUT2D eigenvalue weighted by Crippen LogP contribution is -2.23. The molecule has 2 aromatic carbocycles. The molecular weight excluding hydrogens is 216 g/mol. The fraction of sp³-hybridized carbons (Fsp3) is 0.333. The van der Waals surface area contributed by atoms with Crippen LogP contribution in [0, 0.1) is 0 Å². The zero-order valence-electron chi connectivity index (χ0n) is 12.6. The summed E-state index contributed by atoms with van der Waals surface area (Å²) in [6.45, 7) is 12.2. The van der Waals surface area contributed by atoms with E-state index >= 15 is 0 Å². The van der Waals surface area contributed by atoms with Crippen LogP contribution in [0.4, 0.5) is 0 Å². The summed E-state index contributed by atoms with van der Waals surface area (Å²) in [6, 6.07) is 13.0. The van der Waals surface area contributed by atoms with Gasteiger partial charge in [0, 0.05) is 0 Å². The van der Waals surface area contributed by atoms with Crippen LogP contribution < -0.4 is 10.4 Å². The number of hydrogen-bond donors (Lipinski definition) is 0. The molecule has 0 nitrogen and oxygen atoms in total. The third-order valence-electron chi connectivity index (χ3n) is 2.57. The smallest absolute Gasteiger partial charge is 0.0178 e. The molecule has 0 saturated heterocycles. The van der Waals surface area contributed by atoms with Gasteiger partial charge in [-0.15, -0.1) is 0 Å². The number of fused-ring (bicyclic) bond motifs is 1. The average molecular weight is 242 g/mol. The van der Waals surface area contributed by atoms with Crippen LogP contribution in [0.3, 0.4) is 0 Å². The van der Waals surface area contributed by atoms with Crippen LogP contribution in [-0.4, -0.2) is 0 Å². The third kappa shape index (κ3) is 4.03. The lowest BCUT2D eigenvalue weighted by Gasteiger charge is -1.97. The van der Waals surface area contributed by atoms with E-state index in [1.165, 1.54) is 21.2 Å². The summed E-state index contributed by atoms with van der Waals surface area (Å²) in [4.78, 5) is 0. The van der Waals surface area contributed by atoms with Crippen molar-refractivity contribution < 1.29 is 0 Å². The SMILES string of the molecule is C/C=c1/cc2ccccc2c/c1=C/C.CC.CC. The Morgan fingerprint density at radius 2 is 1.00 bits per heavy atom. The van der Waals surface area contributed by atoms with E-state index < -0.39 is 0 Å². The van der Waals surface area contributed by atoms with Crippen molar-refractivity contribution >= 4 is 22.9 Å². The molecule has 18 heavy (non-hydrogen) atoms. The van der Waals surface area contributed by atoms with Crippen molar-refractivity contribution in [2.75, 3.05) is 0 Å². The molecule has 0 atom stereocenters. The normalized spacial score (nSPS) is 11.4. The molecule has 98 valence electrons. The highest BCUT2D eigenvalue weighted by molar-refractivity contribution is 5.82. The molecule has 0 aliphatic heterocycles. The van der Waals surface area contributed by atoms with Gasteiger partial charge in [-0.2, -0.15) is 0 Å². The van der Waals surface area contributed by atoms with E-state index in [9.17, 15) is 0 Å². The Labute approximate surface area is 112 Å². The summed E-state index contributed by atoms with van der Waals surface area (Å²) in [5.74, 6) is 0. The Bertz CT molecular complexity index is 510. The highest BCUT2D eigenvalue weighted by Crippen LogP contribution is 2.07. The Morgan fingerprint density at radius 1 is 0.667 bits per heavy atom. The molecule has 0 N–H and O–H groups in total. The predicted octanol–water partition coefficient (Wildman–Crippen LogP) is 4.49. The molecule has 0 amide bonds. The molecule has 0 bridgehead atoms. The van der Waals surface area contributed by atoms with Gasteiger partial charge in [-0.3, -0.25) is 0 Å². The van der Waals surface area contributed by atoms with E-state index in [0.29, 0.717) is 0 Å². The number of rotatable bonds is 0. The van der Waals surface area contributed by atoms with Crippen LogP contribution in [0.25, 0.3) is 22.9 Å². The molecule has 2 aromatic rings. The first-order chi connectivity index (χ1) is 8.85. The van der Waals surface area contributed by atoms with Crippen molar-refractivity contribution in [1.82, 2.24) is 0 Å². The minimum atomic E-state index is 1.31. The standard InChI is InChI=1S/C14H14.2C2H6/c1-3-11-9-13-7-5-6-8-14(13)10-12(11)4-2;2*1-2/h3-10H,1-2H3;2*1-2H3/b11-3-,12-4-;;. The summed E-state index contributed by atoms with van der Waals surface area (Å²) in [7, 11) is 0. The molecule has 0 aromatic heterocycles. The van der Waals surface area contributed by atoms with Crippen LogP contribution in [0.15, 0.2) is 36.4 Å². The van der Waals surface area contributed by atoms with Crippen LogP contribution >= 0.6 is 0 Å². The first kappa shape index (κ1) is 16.4. The second kappa shape index (κ2) is 9.47. The average Bonchev–Trinajstić information content (AvgIpc) is 2.49. The maximum atomic E-state index is 2.24. The summed E-state index contributed by atoms with van der Waals surface area (Å²) in [5, 5.41) is 5.25. The van der Waals surface area contributed by atoms with Crippen LogP contribution in [0.5, 0.6) is 0 Å². The predicted molar refractivity (Wildman–Crippen MR) is 86.2 cm³/mol. The summed E-state index contributed by atoms with van der Waals surface area (Å²) < 4.78 is 0. The minimum Gasteiger partial charge on any atom is -0.0798 e. The zero-order valence-corrected chi connectivity index (χ0v) is 12.6. The number of benzene rings is 2. The van der Waals surface area contributed by atoms with Gasteiger partial charge in [0.05, 0.1) is 0 Å². The maximum absolute atomic E-state index is 2.24. The molecule has 0 fully saturated rings. The fourth-order valence-electron chi connectivity index (χ4n) is 1.78. The van der Waals surface area contributed by atoms with E-state index in [1.807, 2.05) is 27.7 Å². The van der Waals surface area contributed by atoms with Crippen molar-refractivity contribution in [3.05, 3.63) is 46.8 Å². The number of hydrogen-bond acceptors (Lipinski definition) is 0. The highest BCUT2D eigenvalue weighted by atomic mass is 14.0. The van der Waals surface area contributed by atoms with Gasteiger partial charge in [-0.1, -0.05) is 64.1 Å². The second-order valence-electron chi connectivity index (χ2n) is 3.41. The largest absolute Gasteiger partial charge is 0.0798 e. The van der Waals surface area contributed by atoms with Gasteiger partial charge in [-0.25, -0.2) is 0 Å². The van der Waals surface area contributed by atoms with Crippen molar-refractivity contribution in [2.24, 2.45) is 0 Å². The maximum Gasteiger partial charge on any atom is -0.0178 e. The highest BCUT2D eigenvalue weighted by Gasteiger charge is 1.91. The van der Waals surface area contributed by atoms with Gasteiger partial charge in [0.25, 0.3) is 0 Å². The van der Waals surface area contributed by atoms with Gasteiger partial charge >= 0.3 is 0 Å². The summed E-state index contributed by atoms with van der Waals surface area (Å²) >= 11 is 0. The lowest BCUT2D eigenvalue weighted by atomic mass is 10.1. The molecule has 0 radical (unpaired) electrons.